The second-order valence-corrected chi connectivity index (χ2v) is 13.3. The largest absolute Gasteiger partial charge is 0.488 e. The Morgan fingerprint density at radius 3 is 2.26 bits per heavy atom. The van der Waals surface area contributed by atoms with Crippen molar-refractivity contribution in [1.29, 1.82) is 0 Å². The summed E-state index contributed by atoms with van der Waals surface area (Å²) in [4.78, 5) is 58.7. The number of urea groups is 1. The van der Waals surface area contributed by atoms with Crippen LogP contribution in [-0.2, 0) is 4.79 Å². The van der Waals surface area contributed by atoms with E-state index in [2.05, 4.69) is 32.8 Å². The number of carbonyl (C=O) groups is 4. The van der Waals surface area contributed by atoms with E-state index in [-0.39, 0.29) is 30.1 Å². The van der Waals surface area contributed by atoms with E-state index < -0.39 is 18.8 Å². The predicted octanol–water partition coefficient (Wildman–Crippen LogP) is 4.04. The Bertz CT molecular complexity index is 1900. The zero-order valence-corrected chi connectivity index (χ0v) is 30.1. The van der Waals surface area contributed by atoms with Gasteiger partial charge in [-0.25, -0.2) is 4.79 Å². The number of aromatic amines is 1. The molecule has 1 aliphatic rings. The van der Waals surface area contributed by atoms with Crippen LogP contribution >= 0.6 is 0 Å². The molecule has 4 amide bonds. The fraction of sp³-hybridized carbons (Fsp3) is 0.333. The normalized spacial score (nSPS) is 14.1. The number of benzene rings is 3. The van der Waals surface area contributed by atoms with Crippen molar-refractivity contribution >= 4 is 58.5 Å². The molecule has 3 aromatic carbocycles. The highest BCUT2D eigenvalue weighted by molar-refractivity contribution is 6.58. The van der Waals surface area contributed by atoms with E-state index in [1.54, 1.807) is 53.4 Å². The van der Waals surface area contributed by atoms with E-state index in [1.807, 2.05) is 31.2 Å². The number of aromatic nitrogens is 1. The summed E-state index contributed by atoms with van der Waals surface area (Å²) in [6, 6.07) is 20.4. The third-order valence-electron chi connectivity index (χ3n) is 9.31. The van der Waals surface area contributed by atoms with E-state index in [1.165, 1.54) is 11.1 Å². The number of hydrogen-bond acceptors (Lipinski definition) is 8. The van der Waals surface area contributed by atoms with Crippen molar-refractivity contribution in [3.63, 3.8) is 0 Å². The van der Waals surface area contributed by atoms with Gasteiger partial charge in [-0.15, -0.1) is 0 Å². The third kappa shape index (κ3) is 10.5. The zero-order valence-electron chi connectivity index (χ0n) is 30.1. The van der Waals surface area contributed by atoms with Crippen molar-refractivity contribution in [3.05, 3.63) is 103 Å². The molecular formula is C39H48BN7O6. The van der Waals surface area contributed by atoms with Crippen molar-refractivity contribution in [3.8, 4) is 0 Å². The summed E-state index contributed by atoms with van der Waals surface area (Å²) in [5, 5.41) is 31.3. The maximum absolute atomic E-state index is 13.4. The average molecular weight is 722 g/mol. The number of unbranched alkanes of at least 4 members (excludes halogenated alkanes) is 5. The van der Waals surface area contributed by atoms with Gasteiger partial charge in [0.05, 0.1) is 22.6 Å². The molecule has 53 heavy (non-hydrogen) atoms. The van der Waals surface area contributed by atoms with Gasteiger partial charge in [-0.1, -0.05) is 74.7 Å². The number of piperazine rings is 1. The van der Waals surface area contributed by atoms with Crippen LogP contribution in [0.5, 0.6) is 0 Å². The molecule has 0 spiro atoms. The molecule has 0 bridgehead atoms. The highest BCUT2D eigenvalue weighted by atomic mass is 16.4. The first kappa shape index (κ1) is 38.6. The minimum atomic E-state index is -1.52. The number of anilines is 2. The smallest absolute Gasteiger partial charge is 0.423 e. The highest BCUT2D eigenvalue weighted by Gasteiger charge is 2.34. The van der Waals surface area contributed by atoms with Gasteiger partial charge in [-0.05, 0) is 55.6 Å². The number of nitrogens with one attached hydrogen (secondary N) is 5. The van der Waals surface area contributed by atoms with Gasteiger partial charge < -0.3 is 46.1 Å². The quantitative estimate of drug-likeness (QED) is 0.0370. The molecule has 0 unspecified atom stereocenters. The first-order valence-corrected chi connectivity index (χ1v) is 18.1. The van der Waals surface area contributed by atoms with Crippen LogP contribution < -0.4 is 26.7 Å². The van der Waals surface area contributed by atoms with Gasteiger partial charge in [0.2, 0.25) is 0 Å². The summed E-state index contributed by atoms with van der Waals surface area (Å²) in [5.74, 6) is -0.724. The van der Waals surface area contributed by atoms with Crippen LogP contribution in [0.4, 0.5) is 16.2 Å². The summed E-state index contributed by atoms with van der Waals surface area (Å²) in [7, 11) is -1.52. The van der Waals surface area contributed by atoms with Crippen molar-refractivity contribution in [2.24, 2.45) is 0 Å². The molecule has 0 aliphatic carbocycles. The zero-order chi connectivity index (χ0) is 37.7. The molecule has 0 saturated carbocycles. The van der Waals surface area contributed by atoms with Gasteiger partial charge in [0.1, 0.15) is 0 Å². The topological polar surface area (TPSA) is 179 Å². The van der Waals surface area contributed by atoms with Crippen molar-refractivity contribution < 1.29 is 29.2 Å². The average Bonchev–Trinajstić information content (AvgIpc) is 3.60. The lowest BCUT2D eigenvalue weighted by atomic mass is 9.80. The molecule has 2 heterocycles. The molecule has 13 nitrogen and oxygen atoms in total. The van der Waals surface area contributed by atoms with Crippen LogP contribution in [-0.4, -0.2) is 94.3 Å². The summed E-state index contributed by atoms with van der Waals surface area (Å²) in [5.41, 5.74) is 3.00. The maximum Gasteiger partial charge on any atom is 0.488 e. The minimum Gasteiger partial charge on any atom is -0.423 e. The van der Waals surface area contributed by atoms with Gasteiger partial charge in [0, 0.05) is 61.6 Å². The van der Waals surface area contributed by atoms with Gasteiger partial charge in [-0.3, -0.25) is 14.4 Å². The maximum atomic E-state index is 13.4. The molecule has 1 aliphatic heterocycles. The molecule has 4 aromatic rings. The number of nitrogens with zero attached hydrogens (tertiary/aromatic N) is 2. The second kappa shape index (κ2) is 18.8. The Morgan fingerprint density at radius 2 is 1.55 bits per heavy atom. The fourth-order valence-electron chi connectivity index (χ4n) is 6.46. The molecular weight excluding hydrogens is 673 g/mol. The van der Waals surface area contributed by atoms with Crippen LogP contribution in [0.15, 0.2) is 91.4 Å². The summed E-state index contributed by atoms with van der Waals surface area (Å²) in [6.07, 6.45) is 7.50. The Kier molecular flexibility index (Phi) is 13.7. The molecule has 1 saturated heterocycles. The number of ketones is 1. The van der Waals surface area contributed by atoms with Crippen LogP contribution in [0, 0.1) is 0 Å². The Hall–Kier alpha value is -5.60. The molecule has 7 N–H and O–H groups in total. The van der Waals surface area contributed by atoms with Gasteiger partial charge in [0.15, 0.2) is 0 Å². The van der Waals surface area contributed by atoms with E-state index in [0.29, 0.717) is 53.1 Å². The lowest BCUT2D eigenvalue weighted by Gasteiger charge is -2.39. The standard InChI is InChI=1S/C39H48BN7O6/c1-27-26-46(37(49)29-14-8-7-9-15-29)22-23-47(27)38(50)36(48)33-25-43-35-32(33)18-13-19-34(35)45-39(51)42-21-11-6-4-3-5-10-20-41-28(2)44-31-17-12-16-30(24-31)40(52)53/h7-9,12-19,24-25,27,41,43-44,52-53H,2-6,10-11,20-23,26H2,1H3,(H2,42,45,51)/t27-/m1/s1. The Labute approximate surface area is 310 Å². The monoisotopic (exact) mass is 721 g/mol. The summed E-state index contributed by atoms with van der Waals surface area (Å²) < 4.78 is 0. The number of Topliss-reactive ketones (excluding diaryl/α,β-unsaturated/α-hetero) is 1. The van der Waals surface area contributed by atoms with Crippen LogP contribution in [0.1, 0.15) is 66.2 Å². The summed E-state index contributed by atoms with van der Waals surface area (Å²) >= 11 is 0. The predicted molar refractivity (Wildman–Crippen MR) is 208 cm³/mol. The van der Waals surface area contributed by atoms with Crippen molar-refractivity contribution in [2.75, 3.05) is 43.4 Å². The molecule has 278 valence electrons. The van der Waals surface area contributed by atoms with Crippen molar-refractivity contribution in [2.45, 2.75) is 51.5 Å². The van der Waals surface area contributed by atoms with Crippen LogP contribution in [0.2, 0.25) is 0 Å². The first-order valence-electron chi connectivity index (χ1n) is 18.1. The summed E-state index contributed by atoms with van der Waals surface area (Å²) in [6.45, 7) is 8.01. The highest BCUT2D eigenvalue weighted by Crippen LogP contribution is 2.27. The van der Waals surface area contributed by atoms with E-state index in [4.69, 9.17) is 0 Å². The first-order chi connectivity index (χ1) is 25.6. The number of H-pyrrole nitrogens is 1. The Balaban J connectivity index is 0.984. The minimum absolute atomic E-state index is 0.0997. The number of para-hydroxylation sites is 1. The number of carbonyl (C=O) groups excluding carboxylic acids is 4. The molecule has 14 heteroatoms. The molecule has 1 fully saturated rings. The number of amides is 4. The van der Waals surface area contributed by atoms with Crippen molar-refractivity contribution in [1.82, 2.24) is 25.4 Å². The van der Waals surface area contributed by atoms with Crippen LogP contribution in [0.25, 0.3) is 10.9 Å². The molecule has 5 rings (SSSR count). The van der Waals surface area contributed by atoms with Crippen LogP contribution in [0.3, 0.4) is 0 Å². The molecule has 1 aromatic heterocycles. The van der Waals surface area contributed by atoms with E-state index in [0.717, 1.165) is 50.8 Å². The second-order valence-electron chi connectivity index (χ2n) is 13.3. The Morgan fingerprint density at radius 1 is 0.849 bits per heavy atom. The molecule has 0 radical (unpaired) electrons. The SMILES string of the molecule is C=C(NCCCCCCCCNC(=O)Nc1cccc2c(C(=O)C(=O)N3CCN(C(=O)c4ccccc4)C[C@H]3C)c[nH]c12)Nc1cccc(B(O)O)c1. The third-order valence-corrected chi connectivity index (χ3v) is 9.31. The van der Waals surface area contributed by atoms with Gasteiger partial charge >= 0.3 is 13.1 Å². The number of fused-ring (bicyclic) bond motifs is 1. The molecule has 1 atom stereocenters. The lowest BCUT2D eigenvalue weighted by molar-refractivity contribution is -0.130. The fourth-order valence-corrected chi connectivity index (χ4v) is 6.46. The van der Waals surface area contributed by atoms with Gasteiger partial charge in [-0.2, -0.15) is 0 Å². The van der Waals surface area contributed by atoms with E-state index >= 15 is 0 Å². The number of hydrogen-bond donors (Lipinski definition) is 7. The lowest BCUT2D eigenvalue weighted by Crippen LogP contribution is -2.56. The van der Waals surface area contributed by atoms with E-state index in [9.17, 15) is 29.2 Å². The number of rotatable bonds is 17. The van der Waals surface area contributed by atoms with Gasteiger partial charge in [0.25, 0.3) is 17.6 Å².